The second-order valence-corrected chi connectivity index (χ2v) is 6.12. The lowest BCUT2D eigenvalue weighted by Crippen LogP contribution is -2.31. The van der Waals surface area contributed by atoms with Crippen LogP contribution < -0.4 is 14.2 Å². The Labute approximate surface area is 169 Å². The summed E-state index contributed by atoms with van der Waals surface area (Å²) in [4.78, 5) is 13.5. The number of carbonyl (C=O) groups is 1. The molecule has 0 saturated heterocycles. The first-order valence-corrected chi connectivity index (χ1v) is 8.85. The van der Waals surface area contributed by atoms with Gasteiger partial charge in [0, 0.05) is 13.6 Å². The molecule has 0 atom stereocenters. The van der Waals surface area contributed by atoms with E-state index < -0.39 is 36.6 Å². The molecule has 0 bridgehead atoms. The van der Waals surface area contributed by atoms with Crippen LogP contribution in [0.5, 0.6) is 17.2 Å². The number of hydrogen-bond donors (Lipinski definition) is 0. The van der Waals surface area contributed by atoms with Gasteiger partial charge in [0.05, 0.1) is 12.2 Å². The van der Waals surface area contributed by atoms with Crippen LogP contribution in [0.1, 0.15) is 18.1 Å². The van der Waals surface area contributed by atoms with Gasteiger partial charge in [-0.3, -0.25) is 4.79 Å². The van der Waals surface area contributed by atoms with Gasteiger partial charge in [-0.15, -0.1) is 0 Å². The summed E-state index contributed by atoms with van der Waals surface area (Å²) in [6, 6.07) is 8.81. The van der Waals surface area contributed by atoms with E-state index in [1.54, 1.807) is 6.92 Å². The van der Waals surface area contributed by atoms with E-state index in [2.05, 4.69) is 4.74 Å². The van der Waals surface area contributed by atoms with Crippen LogP contribution >= 0.6 is 0 Å². The van der Waals surface area contributed by atoms with Gasteiger partial charge in [0.2, 0.25) is 0 Å². The number of ether oxygens (including phenoxy) is 3. The lowest BCUT2D eigenvalue weighted by atomic mass is 10.2. The number of carbonyl (C=O) groups excluding carboxylic acids is 1. The Morgan fingerprint density at radius 2 is 1.73 bits per heavy atom. The Morgan fingerprint density at radius 1 is 1.03 bits per heavy atom. The number of likely N-dealkylation sites (N-methyl/N-ethyl adjacent to an activating group) is 1. The molecule has 2 aromatic rings. The number of alkyl halides is 5. The summed E-state index contributed by atoms with van der Waals surface area (Å²) in [6.07, 6.45) is -4.61. The third-order valence-corrected chi connectivity index (χ3v) is 3.91. The SMILES string of the molecule is CCOc1cc(CN(C)C(=O)COc2ccccc2C(F)(F)F)ccc1OC(F)F. The lowest BCUT2D eigenvalue weighted by Gasteiger charge is -2.20. The van der Waals surface area contributed by atoms with Crippen molar-refractivity contribution in [3.63, 3.8) is 0 Å². The van der Waals surface area contributed by atoms with Gasteiger partial charge >= 0.3 is 12.8 Å². The number of halogens is 5. The van der Waals surface area contributed by atoms with Crippen molar-refractivity contribution in [1.29, 1.82) is 0 Å². The molecule has 1 amide bonds. The predicted octanol–water partition coefficient (Wildman–Crippen LogP) is 4.74. The number of benzene rings is 2. The Balaban J connectivity index is 2.03. The van der Waals surface area contributed by atoms with E-state index in [9.17, 15) is 26.7 Å². The van der Waals surface area contributed by atoms with Crippen molar-refractivity contribution >= 4 is 5.91 Å². The largest absolute Gasteiger partial charge is 0.490 e. The summed E-state index contributed by atoms with van der Waals surface area (Å²) in [5.74, 6) is -1.07. The molecule has 0 aliphatic rings. The van der Waals surface area contributed by atoms with Crippen molar-refractivity contribution in [3.8, 4) is 17.2 Å². The first-order chi connectivity index (χ1) is 14.1. The van der Waals surface area contributed by atoms with Crippen molar-refractivity contribution in [1.82, 2.24) is 4.90 Å². The van der Waals surface area contributed by atoms with Gasteiger partial charge in [-0.05, 0) is 36.8 Å². The molecule has 0 fully saturated rings. The van der Waals surface area contributed by atoms with Crippen LogP contribution in [0.3, 0.4) is 0 Å². The molecule has 164 valence electrons. The molecule has 0 heterocycles. The lowest BCUT2D eigenvalue weighted by molar-refractivity contribution is -0.140. The fourth-order valence-corrected chi connectivity index (χ4v) is 2.55. The molecule has 0 radical (unpaired) electrons. The summed E-state index contributed by atoms with van der Waals surface area (Å²) in [5.41, 5.74) is -0.428. The van der Waals surface area contributed by atoms with Crippen molar-refractivity contribution < 1.29 is 41.0 Å². The summed E-state index contributed by atoms with van der Waals surface area (Å²) in [5, 5.41) is 0. The summed E-state index contributed by atoms with van der Waals surface area (Å²) in [6.45, 7) is -1.68. The number of amides is 1. The van der Waals surface area contributed by atoms with Crippen LogP contribution in [0, 0.1) is 0 Å². The zero-order valence-electron chi connectivity index (χ0n) is 16.2. The van der Waals surface area contributed by atoms with Crippen molar-refractivity contribution in [3.05, 3.63) is 53.6 Å². The fourth-order valence-electron chi connectivity index (χ4n) is 2.55. The van der Waals surface area contributed by atoms with Gasteiger partial charge in [0.1, 0.15) is 5.75 Å². The Kier molecular flexibility index (Phi) is 7.85. The molecule has 0 N–H and O–H groups in total. The normalized spacial score (nSPS) is 11.3. The van der Waals surface area contributed by atoms with Crippen LogP contribution in [-0.4, -0.2) is 37.7 Å². The first kappa shape index (κ1) is 23.2. The molecular formula is C20H20F5NO4. The predicted molar refractivity (Wildman–Crippen MR) is 97.7 cm³/mol. The number of hydrogen-bond acceptors (Lipinski definition) is 4. The third-order valence-electron chi connectivity index (χ3n) is 3.91. The van der Waals surface area contributed by atoms with E-state index in [4.69, 9.17) is 9.47 Å². The monoisotopic (exact) mass is 433 g/mol. The van der Waals surface area contributed by atoms with Gasteiger partial charge in [-0.1, -0.05) is 18.2 Å². The van der Waals surface area contributed by atoms with Gasteiger partial charge < -0.3 is 19.1 Å². The molecule has 30 heavy (non-hydrogen) atoms. The average molecular weight is 433 g/mol. The van der Waals surface area contributed by atoms with E-state index in [1.807, 2.05) is 0 Å². The second kappa shape index (κ2) is 10.1. The highest BCUT2D eigenvalue weighted by Gasteiger charge is 2.34. The summed E-state index contributed by atoms with van der Waals surface area (Å²) < 4.78 is 78.6. The van der Waals surface area contributed by atoms with E-state index in [1.165, 1.54) is 42.3 Å². The second-order valence-electron chi connectivity index (χ2n) is 6.12. The zero-order valence-corrected chi connectivity index (χ0v) is 16.2. The highest BCUT2D eigenvalue weighted by atomic mass is 19.4. The minimum Gasteiger partial charge on any atom is -0.490 e. The quantitative estimate of drug-likeness (QED) is 0.536. The van der Waals surface area contributed by atoms with Crippen molar-refractivity contribution in [2.75, 3.05) is 20.3 Å². The minimum atomic E-state index is -4.61. The highest BCUT2D eigenvalue weighted by molar-refractivity contribution is 5.77. The van der Waals surface area contributed by atoms with E-state index >= 15 is 0 Å². The minimum absolute atomic E-state index is 0.0537. The molecule has 0 saturated carbocycles. The molecule has 0 aromatic heterocycles. The molecule has 5 nitrogen and oxygen atoms in total. The maximum absolute atomic E-state index is 13.0. The third kappa shape index (κ3) is 6.50. The zero-order chi connectivity index (χ0) is 22.3. The molecule has 2 rings (SSSR count). The van der Waals surface area contributed by atoms with Gasteiger partial charge in [-0.2, -0.15) is 22.0 Å². The van der Waals surface area contributed by atoms with E-state index in [-0.39, 0.29) is 24.7 Å². The van der Waals surface area contributed by atoms with Gasteiger partial charge in [0.15, 0.2) is 18.1 Å². The summed E-state index contributed by atoms with van der Waals surface area (Å²) >= 11 is 0. The number of rotatable bonds is 9. The van der Waals surface area contributed by atoms with Crippen LogP contribution in [0.15, 0.2) is 42.5 Å². The molecule has 10 heteroatoms. The van der Waals surface area contributed by atoms with Gasteiger partial charge in [-0.25, -0.2) is 0 Å². The standard InChI is InChI=1S/C20H20F5NO4/c1-3-28-17-10-13(8-9-16(17)30-19(21)22)11-26(2)18(27)12-29-15-7-5-4-6-14(15)20(23,24)25/h4-10,19H,3,11-12H2,1-2H3. The fraction of sp³-hybridized carbons (Fsp3) is 0.350. The van der Waals surface area contributed by atoms with Crippen LogP contribution in [0.25, 0.3) is 0 Å². The molecule has 0 aliphatic heterocycles. The van der Waals surface area contributed by atoms with Crippen LogP contribution in [0.4, 0.5) is 22.0 Å². The van der Waals surface area contributed by atoms with Crippen LogP contribution in [0.2, 0.25) is 0 Å². The van der Waals surface area contributed by atoms with E-state index in [0.717, 1.165) is 12.1 Å². The Hall–Kier alpha value is -3.04. The van der Waals surface area contributed by atoms with Crippen molar-refractivity contribution in [2.24, 2.45) is 0 Å². The molecule has 0 spiro atoms. The van der Waals surface area contributed by atoms with Gasteiger partial charge in [0.25, 0.3) is 5.91 Å². The average Bonchev–Trinajstić information content (AvgIpc) is 2.67. The molecule has 0 unspecified atom stereocenters. The van der Waals surface area contributed by atoms with Crippen molar-refractivity contribution in [2.45, 2.75) is 26.3 Å². The smallest absolute Gasteiger partial charge is 0.419 e. The van der Waals surface area contributed by atoms with E-state index in [0.29, 0.717) is 5.56 Å². The summed E-state index contributed by atoms with van der Waals surface area (Å²) in [7, 11) is 1.44. The Morgan fingerprint density at radius 3 is 2.37 bits per heavy atom. The first-order valence-electron chi connectivity index (χ1n) is 8.85. The maximum Gasteiger partial charge on any atom is 0.419 e. The molecular weight excluding hydrogens is 413 g/mol. The molecule has 2 aromatic carbocycles. The molecule has 0 aliphatic carbocycles. The number of nitrogens with zero attached hydrogens (tertiary/aromatic N) is 1. The number of para-hydroxylation sites is 1. The Bertz CT molecular complexity index is 857. The highest BCUT2D eigenvalue weighted by Crippen LogP contribution is 2.36. The van der Waals surface area contributed by atoms with Crippen LogP contribution in [-0.2, 0) is 17.5 Å². The topological polar surface area (TPSA) is 48.0 Å². The maximum atomic E-state index is 13.0.